The number of hydrogen-bond acceptors (Lipinski definition) is 2. The Kier molecular flexibility index (Phi) is 6.12. The molecular formula is C13H15Cl2NO3. The molecule has 0 saturated heterocycles. The van der Waals surface area contributed by atoms with Crippen LogP contribution in [0.5, 0.6) is 0 Å². The first kappa shape index (κ1) is 15.8. The molecule has 0 aliphatic carbocycles. The number of carboxylic acids is 1. The predicted octanol–water partition coefficient (Wildman–Crippen LogP) is 3.89. The number of carbonyl (C=O) groups is 2. The monoisotopic (exact) mass is 303 g/mol. The number of carboxylic acid groups (broad SMARTS) is 1. The summed E-state index contributed by atoms with van der Waals surface area (Å²) in [7, 11) is 0. The molecule has 6 heteroatoms. The van der Waals surface area contributed by atoms with E-state index in [9.17, 15) is 9.59 Å². The van der Waals surface area contributed by atoms with Crippen molar-refractivity contribution in [3.05, 3.63) is 27.7 Å². The molecule has 0 heterocycles. The van der Waals surface area contributed by atoms with Crippen LogP contribution in [-0.2, 0) is 9.59 Å². The number of aryl methyl sites for hydroxylation is 1. The SMILES string of the molecule is Cc1ccc(Cl)c(NC(=O)CCCCC(=O)O)c1Cl. The van der Waals surface area contributed by atoms with Crippen molar-refractivity contribution in [3.8, 4) is 0 Å². The first-order valence-corrected chi connectivity index (χ1v) is 6.63. The van der Waals surface area contributed by atoms with Crippen molar-refractivity contribution in [2.24, 2.45) is 0 Å². The van der Waals surface area contributed by atoms with Crippen LogP contribution in [0.15, 0.2) is 12.1 Å². The van der Waals surface area contributed by atoms with Crippen molar-refractivity contribution >= 4 is 40.8 Å². The molecule has 1 aromatic rings. The van der Waals surface area contributed by atoms with E-state index in [1.165, 1.54) is 0 Å². The zero-order chi connectivity index (χ0) is 14.4. The second kappa shape index (κ2) is 7.36. The highest BCUT2D eigenvalue weighted by Gasteiger charge is 2.11. The summed E-state index contributed by atoms with van der Waals surface area (Å²) in [6.07, 6.45) is 1.30. The number of hydrogen-bond donors (Lipinski definition) is 2. The molecule has 0 aliphatic rings. The fourth-order valence-electron chi connectivity index (χ4n) is 1.53. The van der Waals surface area contributed by atoms with Gasteiger partial charge in [-0.1, -0.05) is 29.3 Å². The zero-order valence-electron chi connectivity index (χ0n) is 10.5. The Morgan fingerprint density at radius 2 is 1.84 bits per heavy atom. The van der Waals surface area contributed by atoms with Gasteiger partial charge in [0.25, 0.3) is 0 Å². The van der Waals surface area contributed by atoms with Crippen molar-refractivity contribution in [1.82, 2.24) is 0 Å². The normalized spacial score (nSPS) is 10.3. The van der Waals surface area contributed by atoms with E-state index in [-0.39, 0.29) is 18.7 Å². The Balaban J connectivity index is 2.53. The Morgan fingerprint density at radius 3 is 2.47 bits per heavy atom. The van der Waals surface area contributed by atoms with Gasteiger partial charge in [0.1, 0.15) is 0 Å². The summed E-state index contributed by atoms with van der Waals surface area (Å²) in [4.78, 5) is 22.0. The summed E-state index contributed by atoms with van der Waals surface area (Å²) in [5.41, 5.74) is 1.24. The molecule has 0 aliphatic heterocycles. The molecule has 0 bridgehead atoms. The number of amides is 1. The summed E-state index contributed by atoms with van der Waals surface area (Å²) < 4.78 is 0. The van der Waals surface area contributed by atoms with Crippen LogP contribution in [0.4, 0.5) is 5.69 Å². The van der Waals surface area contributed by atoms with Crippen molar-refractivity contribution < 1.29 is 14.7 Å². The third-order valence-corrected chi connectivity index (χ3v) is 3.40. The molecule has 1 aromatic carbocycles. The molecule has 19 heavy (non-hydrogen) atoms. The minimum absolute atomic E-state index is 0.0687. The average molecular weight is 304 g/mol. The van der Waals surface area contributed by atoms with Crippen LogP contribution in [0.1, 0.15) is 31.2 Å². The van der Waals surface area contributed by atoms with Crippen LogP contribution in [0.2, 0.25) is 10.0 Å². The molecule has 0 unspecified atom stereocenters. The highest BCUT2D eigenvalue weighted by Crippen LogP contribution is 2.32. The Bertz CT molecular complexity index is 489. The Labute approximate surface area is 121 Å². The van der Waals surface area contributed by atoms with Gasteiger partial charge in [-0.15, -0.1) is 0 Å². The Morgan fingerprint density at radius 1 is 1.21 bits per heavy atom. The fourth-order valence-corrected chi connectivity index (χ4v) is 2.00. The third-order valence-electron chi connectivity index (χ3n) is 2.59. The van der Waals surface area contributed by atoms with Gasteiger partial charge in [0.2, 0.25) is 5.91 Å². The second-order valence-electron chi connectivity index (χ2n) is 4.20. The number of anilines is 1. The van der Waals surface area contributed by atoms with E-state index in [1.54, 1.807) is 12.1 Å². The molecule has 0 saturated carbocycles. The van der Waals surface area contributed by atoms with E-state index in [0.29, 0.717) is 28.6 Å². The lowest BCUT2D eigenvalue weighted by atomic mass is 10.1. The fraction of sp³-hybridized carbons (Fsp3) is 0.385. The largest absolute Gasteiger partial charge is 0.481 e. The van der Waals surface area contributed by atoms with Crippen LogP contribution in [0, 0.1) is 6.92 Å². The van der Waals surface area contributed by atoms with Crippen LogP contribution < -0.4 is 5.32 Å². The summed E-state index contributed by atoms with van der Waals surface area (Å²) in [5.74, 6) is -1.08. The molecular weight excluding hydrogens is 289 g/mol. The maximum absolute atomic E-state index is 11.7. The van der Waals surface area contributed by atoms with Crippen LogP contribution in [-0.4, -0.2) is 17.0 Å². The number of benzene rings is 1. The molecule has 0 radical (unpaired) electrons. The van der Waals surface area contributed by atoms with Gasteiger partial charge in [0, 0.05) is 12.8 Å². The molecule has 0 aromatic heterocycles. The maximum atomic E-state index is 11.7. The number of halogens is 2. The van der Waals surface area contributed by atoms with Gasteiger partial charge in [0.15, 0.2) is 0 Å². The molecule has 0 atom stereocenters. The van der Waals surface area contributed by atoms with E-state index < -0.39 is 5.97 Å². The first-order chi connectivity index (χ1) is 8.91. The molecule has 4 nitrogen and oxygen atoms in total. The number of unbranched alkanes of at least 4 members (excludes halogenated alkanes) is 1. The smallest absolute Gasteiger partial charge is 0.303 e. The van der Waals surface area contributed by atoms with Gasteiger partial charge in [-0.2, -0.15) is 0 Å². The first-order valence-electron chi connectivity index (χ1n) is 5.88. The van der Waals surface area contributed by atoms with Crippen molar-refractivity contribution in [1.29, 1.82) is 0 Å². The van der Waals surface area contributed by atoms with Crippen molar-refractivity contribution in [2.75, 3.05) is 5.32 Å². The van der Waals surface area contributed by atoms with E-state index in [0.717, 1.165) is 5.56 Å². The Hall–Kier alpha value is -1.26. The molecule has 1 amide bonds. The summed E-state index contributed by atoms with van der Waals surface area (Å²) >= 11 is 12.0. The summed E-state index contributed by atoms with van der Waals surface area (Å²) in [5, 5.41) is 11.9. The lowest BCUT2D eigenvalue weighted by Crippen LogP contribution is -2.12. The lowest BCUT2D eigenvalue weighted by molar-refractivity contribution is -0.137. The molecule has 2 N–H and O–H groups in total. The minimum Gasteiger partial charge on any atom is -0.481 e. The predicted molar refractivity (Wildman–Crippen MR) is 75.9 cm³/mol. The number of nitrogens with one attached hydrogen (secondary N) is 1. The number of rotatable bonds is 6. The standard InChI is InChI=1S/C13H15Cl2NO3/c1-8-6-7-9(14)13(12(8)15)16-10(17)4-2-3-5-11(18)19/h6-7H,2-5H2,1H3,(H,16,17)(H,18,19). The van der Waals surface area contributed by atoms with Gasteiger partial charge in [-0.05, 0) is 31.4 Å². The second-order valence-corrected chi connectivity index (χ2v) is 4.99. The number of aliphatic carboxylic acids is 1. The van der Waals surface area contributed by atoms with Gasteiger partial charge in [-0.25, -0.2) is 0 Å². The summed E-state index contributed by atoms with van der Waals surface area (Å²) in [6.45, 7) is 1.82. The van der Waals surface area contributed by atoms with Crippen molar-refractivity contribution in [3.63, 3.8) is 0 Å². The van der Waals surface area contributed by atoms with Crippen LogP contribution in [0.3, 0.4) is 0 Å². The van der Waals surface area contributed by atoms with Gasteiger partial charge in [-0.3, -0.25) is 9.59 Å². The van der Waals surface area contributed by atoms with Crippen LogP contribution >= 0.6 is 23.2 Å². The van der Waals surface area contributed by atoms with Crippen LogP contribution in [0.25, 0.3) is 0 Å². The molecule has 0 spiro atoms. The topological polar surface area (TPSA) is 66.4 Å². The molecule has 1 rings (SSSR count). The third kappa shape index (κ3) is 5.09. The average Bonchev–Trinajstić information content (AvgIpc) is 2.35. The van der Waals surface area contributed by atoms with Gasteiger partial charge in [0.05, 0.1) is 15.7 Å². The number of carbonyl (C=O) groups excluding carboxylic acids is 1. The lowest BCUT2D eigenvalue weighted by Gasteiger charge is -2.10. The molecule has 104 valence electrons. The summed E-state index contributed by atoms with van der Waals surface area (Å²) in [6, 6.07) is 3.44. The van der Waals surface area contributed by atoms with E-state index >= 15 is 0 Å². The van der Waals surface area contributed by atoms with E-state index in [1.807, 2.05) is 6.92 Å². The zero-order valence-corrected chi connectivity index (χ0v) is 12.0. The van der Waals surface area contributed by atoms with Gasteiger partial charge < -0.3 is 10.4 Å². The van der Waals surface area contributed by atoms with Crippen molar-refractivity contribution in [2.45, 2.75) is 32.6 Å². The quantitative estimate of drug-likeness (QED) is 0.784. The highest BCUT2D eigenvalue weighted by atomic mass is 35.5. The van der Waals surface area contributed by atoms with E-state index in [4.69, 9.17) is 28.3 Å². The highest BCUT2D eigenvalue weighted by molar-refractivity contribution is 6.40. The van der Waals surface area contributed by atoms with E-state index in [2.05, 4.69) is 5.32 Å². The van der Waals surface area contributed by atoms with Gasteiger partial charge >= 0.3 is 5.97 Å². The minimum atomic E-state index is -0.856. The molecule has 0 fully saturated rings. The maximum Gasteiger partial charge on any atom is 0.303 e.